The Bertz CT molecular complexity index is 1850. The van der Waals surface area contributed by atoms with E-state index in [0.717, 1.165) is 34.7 Å². The number of aliphatic carboxylic acids is 1. The molecule has 1 aromatic carbocycles. The third-order valence-electron chi connectivity index (χ3n) is 10.2. The molecule has 5 rings (SSSR count). The maximum absolute atomic E-state index is 15.2. The molecule has 0 unspecified atom stereocenters. The summed E-state index contributed by atoms with van der Waals surface area (Å²) in [6.07, 6.45) is -7.86. The number of piperidine rings is 2. The highest BCUT2D eigenvalue weighted by Crippen LogP contribution is 2.45. The number of hydrogen-bond acceptors (Lipinski definition) is 8. The average molecular weight is 803 g/mol. The molecule has 2 aliphatic rings. The topological polar surface area (TPSA) is 121 Å². The number of carboxylic acid groups (broad SMARTS) is 1. The van der Waals surface area contributed by atoms with Gasteiger partial charge in [0.2, 0.25) is 5.60 Å². The van der Waals surface area contributed by atoms with Gasteiger partial charge in [-0.05, 0) is 57.4 Å². The number of amides is 2. The van der Waals surface area contributed by atoms with E-state index in [2.05, 4.69) is 10.3 Å². The van der Waals surface area contributed by atoms with Gasteiger partial charge in [0.15, 0.2) is 11.6 Å². The Morgan fingerprint density at radius 2 is 1.76 bits per heavy atom. The zero-order valence-corrected chi connectivity index (χ0v) is 30.9. The van der Waals surface area contributed by atoms with E-state index in [1.807, 2.05) is 0 Å². The molecule has 55 heavy (non-hydrogen) atoms. The second-order valence-corrected chi connectivity index (χ2v) is 14.4. The number of pyridine rings is 1. The van der Waals surface area contributed by atoms with Crippen LogP contribution in [0.2, 0.25) is 0 Å². The van der Waals surface area contributed by atoms with Crippen LogP contribution in [0.15, 0.2) is 48.0 Å². The van der Waals surface area contributed by atoms with Gasteiger partial charge in [-0.25, -0.2) is 4.39 Å². The number of rotatable bonds is 13. The zero-order chi connectivity index (χ0) is 40.2. The largest absolute Gasteiger partial charge is 0.490 e. The van der Waals surface area contributed by atoms with Gasteiger partial charge in [-0.1, -0.05) is 25.5 Å². The fraction of sp³-hybridized carbons (Fsp3) is 0.514. The van der Waals surface area contributed by atoms with Crippen molar-refractivity contribution in [1.82, 2.24) is 20.1 Å². The molecule has 0 saturated carbocycles. The van der Waals surface area contributed by atoms with Crippen molar-refractivity contribution in [1.29, 1.82) is 0 Å². The third kappa shape index (κ3) is 8.84. The van der Waals surface area contributed by atoms with Gasteiger partial charge in [-0.2, -0.15) is 26.3 Å². The third-order valence-corrected chi connectivity index (χ3v) is 11.1. The second kappa shape index (κ2) is 16.7. The number of carbonyl (C=O) groups excluding carboxylic acids is 2. The van der Waals surface area contributed by atoms with Crippen LogP contribution in [0, 0.1) is 5.82 Å². The van der Waals surface area contributed by atoms with E-state index in [4.69, 9.17) is 14.6 Å². The number of nitrogens with one attached hydrogen (secondary N) is 1. The van der Waals surface area contributed by atoms with Gasteiger partial charge in [0.25, 0.3) is 11.8 Å². The number of benzene rings is 1. The molecular weight excluding hydrogens is 761 g/mol. The fourth-order valence-corrected chi connectivity index (χ4v) is 8.20. The van der Waals surface area contributed by atoms with Crippen LogP contribution in [0.1, 0.15) is 84.8 Å². The minimum atomic E-state index is -4.93. The summed E-state index contributed by atoms with van der Waals surface area (Å²) in [7, 11) is 1.66. The van der Waals surface area contributed by atoms with Gasteiger partial charge >= 0.3 is 18.3 Å². The Kier molecular flexibility index (Phi) is 12.7. The first kappa shape index (κ1) is 41.7. The molecule has 2 aliphatic heterocycles. The first-order chi connectivity index (χ1) is 26.0. The van der Waals surface area contributed by atoms with Crippen LogP contribution < -0.4 is 14.8 Å². The van der Waals surface area contributed by atoms with Gasteiger partial charge < -0.3 is 29.7 Å². The summed E-state index contributed by atoms with van der Waals surface area (Å²) >= 11 is 0.355. The second-order valence-electron chi connectivity index (χ2n) is 13.5. The molecule has 2 aromatic heterocycles. The molecule has 0 spiro atoms. The normalized spacial score (nSPS) is 20.3. The molecule has 0 radical (unpaired) electrons. The lowest BCUT2D eigenvalue weighted by atomic mass is 9.77. The van der Waals surface area contributed by atoms with Gasteiger partial charge in [0.1, 0.15) is 16.3 Å². The van der Waals surface area contributed by atoms with Crippen LogP contribution in [0.25, 0.3) is 0 Å². The smallest absolute Gasteiger partial charge is 0.425 e. The van der Waals surface area contributed by atoms with Crippen LogP contribution in [-0.2, 0) is 27.5 Å². The van der Waals surface area contributed by atoms with Crippen molar-refractivity contribution in [2.24, 2.45) is 0 Å². The van der Waals surface area contributed by atoms with Crippen molar-refractivity contribution in [2.45, 2.75) is 87.8 Å². The van der Waals surface area contributed by atoms with Crippen molar-refractivity contribution in [3.63, 3.8) is 0 Å². The molecule has 0 bridgehead atoms. The Morgan fingerprint density at radius 3 is 2.38 bits per heavy atom. The number of carboxylic acids is 1. The predicted molar refractivity (Wildman–Crippen MR) is 186 cm³/mol. The molecular formula is C37H41F7N4O6S. The number of thiophene rings is 1. The fourth-order valence-electron chi connectivity index (χ4n) is 7.52. The molecule has 3 aromatic rings. The van der Waals surface area contributed by atoms with Gasteiger partial charge in [0, 0.05) is 55.7 Å². The van der Waals surface area contributed by atoms with Crippen LogP contribution in [0.3, 0.4) is 0 Å². The summed E-state index contributed by atoms with van der Waals surface area (Å²) < 4.78 is 111. The van der Waals surface area contributed by atoms with Crippen LogP contribution in [0.4, 0.5) is 30.7 Å². The van der Waals surface area contributed by atoms with Gasteiger partial charge in [-0.3, -0.25) is 19.4 Å². The molecule has 2 amide bonds. The van der Waals surface area contributed by atoms with E-state index >= 15 is 4.39 Å². The summed E-state index contributed by atoms with van der Waals surface area (Å²) in [4.78, 5) is 45.4. The van der Waals surface area contributed by atoms with Crippen molar-refractivity contribution in [3.05, 3.63) is 75.5 Å². The highest BCUT2D eigenvalue weighted by Gasteiger charge is 2.57. The summed E-state index contributed by atoms with van der Waals surface area (Å²) in [5, 5.41) is 13.3. The van der Waals surface area contributed by atoms with Crippen molar-refractivity contribution in [3.8, 4) is 11.5 Å². The standard InChI is InChI=1S/C37H41F7N4O6S/c1-3-8-27-35(54-23-21-28(55-22-23)37(42,43)44,13-7-17-48(27)32(51)30-24(36(39,40)41)10-5-16-46-30)33(52)47-18-14-34(45-2,15-19-47)25-9-4-11-26(38)31(25)53-20-6-12-29(49)50/h4-5,9-11,16,21-22,27,45H,3,6-8,12-15,17-20H2,1-2H3,(H,49,50)/t27-,35+/m1/s1. The van der Waals surface area contributed by atoms with E-state index < -0.39 is 69.3 Å². The molecule has 2 atom stereocenters. The zero-order valence-electron chi connectivity index (χ0n) is 30.1. The summed E-state index contributed by atoms with van der Waals surface area (Å²) in [6, 6.07) is 5.70. The van der Waals surface area contributed by atoms with Crippen LogP contribution in [0.5, 0.6) is 11.5 Å². The van der Waals surface area contributed by atoms with E-state index in [1.54, 1.807) is 20.0 Å². The van der Waals surface area contributed by atoms with Crippen molar-refractivity contribution < 1.29 is 59.7 Å². The Morgan fingerprint density at radius 1 is 1.04 bits per heavy atom. The van der Waals surface area contributed by atoms with E-state index in [0.29, 0.717) is 23.3 Å². The average Bonchev–Trinajstić information content (AvgIpc) is 3.63. The lowest BCUT2D eigenvalue weighted by Gasteiger charge is -2.51. The molecule has 18 heteroatoms. The maximum Gasteiger partial charge on any atom is 0.425 e. The molecule has 2 fully saturated rings. The monoisotopic (exact) mass is 802 g/mol. The number of aromatic nitrogens is 1. The molecule has 2 saturated heterocycles. The minimum absolute atomic E-state index is 0.0302. The molecule has 2 N–H and O–H groups in total. The number of ether oxygens (including phenoxy) is 2. The molecule has 300 valence electrons. The van der Waals surface area contributed by atoms with E-state index in [9.17, 15) is 40.7 Å². The number of nitrogens with zero attached hydrogens (tertiary/aromatic N) is 3. The number of hydrogen-bond donors (Lipinski definition) is 2. The summed E-state index contributed by atoms with van der Waals surface area (Å²) in [5.74, 6) is -3.80. The predicted octanol–water partition coefficient (Wildman–Crippen LogP) is 7.52. The summed E-state index contributed by atoms with van der Waals surface area (Å²) in [5.41, 5.74) is -4.64. The Labute approximate surface area is 316 Å². The lowest BCUT2D eigenvalue weighted by molar-refractivity contribution is -0.161. The number of alkyl halides is 6. The van der Waals surface area contributed by atoms with Gasteiger partial charge in [-0.15, -0.1) is 11.3 Å². The first-order valence-corrected chi connectivity index (χ1v) is 18.6. The Hall–Kier alpha value is -4.45. The number of carbonyl (C=O) groups is 3. The lowest BCUT2D eigenvalue weighted by Crippen LogP contribution is -2.69. The van der Waals surface area contributed by atoms with E-state index in [1.165, 1.54) is 17.0 Å². The van der Waals surface area contributed by atoms with Gasteiger partial charge in [0.05, 0.1) is 23.8 Å². The van der Waals surface area contributed by atoms with E-state index in [-0.39, 0.29) is 82.7 Å². The molecule has 4 heterocycles. The summed E-state index contributed by atoms with van der Waals surface area (Å²) in [6.45, 7) is 1.67. The van der Waals surface area contributed by atoms with Crippen LogP contribution >= 0.6 is 11.3 Å². The molecule has 0 aliphatic carbocycles. The Balaban J connectivity index is 1.51. The van der Waals surface area contributed by atoms with Crippen LogP contribution in [-0.4, -0.2) is 82.6 Å². The molecule has 10 nitrogen and oxygen atoms in total. The minimum Gasteiger partial charge on any atom is -0.490 e. The van der Waals surface area contributed by atoms with Crippen molar-refractivity contribution >= 4 is 29.1 Å². The number of halogens is 7. The highest BCUT2D eigenvalue weighted by atomic mass is 32.1. The highest BCUT2D eigenvalue weighted by molar-refractivity contribution is 7.10. The quantitative estimate of drug-likeness (QED) is 0.135. The number of para-hydroxylation sites is 1. The first-order valence-electron chi connectivity index (χ1n) is 17.8. The number of likely N-dealkylation sites (tertiary alicyclic amines) is 2. The van der Waals surface area contributed by atoms with Crippen molar-refractivity contribution in [2.75, 3.05) is 33.3 Å². The SMILES string of the molecule is CCC[C@H]1N(C(=O)c2ncccc2C(F)(F)F)CCC[C@@]1(Oc1csc(C(F)(F)F)c1)C(=O)N1CCC(NC)(c2cccc(F)c2OCCCC(=O)O)CC1. The maximum atomic E-state index is 15.2.